The van der Waals surface area contributed by atoms with Crippen molar-refractivity contribution in [3.8, 4) is 0 Å². The zero-order valence-electron chi connectivity index (χ0n) is 10.4. The second-order valence-electron chi connectivity index (χ2n) is 4.39. The molecule has 6 nitrogen and oxygen atoms in total. The van der Waals surface area contributed by atoms with Gasteiger partial charge in [0.25, 0.3) is 0 Å². The summed E-state index contributed by atoms with van der Waals surface area (Å²) in [5.74, 6) is -1.52. The highest BCUT2D eigenvalue weighted by atomic mass is 16.4. The molecule has 1 atom stereocenters. The Morgan fingerprint density at radius 1 is 1.42 bits per heavy atom. The van der Waals surface area contributed by atoms with E-state index in [0.717, 1.165) is 4.90 Å². The van der Waals surface area contributed by atoms with Gasteiger partial charge in [-0.2, -0.15) is 0 Å². The van der Waals surface area contributed by atoms with Crippen LogP contribution in [-0.2, 0) is 16.1 Å². The van der Waals surface area contributed by atoms with Crippen molar-refractivity contribution in [2.24, 2.45) is 0 Å². The van der Waals surface area contributed by atoms with Crippen molar-refractivity contribution in [3.63, 3.8) is 0 Å². The number of rotatable bonds is 4. The molecule has 2 N–H and O–H groups in total. The molecule has 0 aromatic heterocycles. The number of nitrogens with one attached hydrogen (secondary N) is 1. The van der Waals surface area contributed by atoms with Gasteiger partial charge in [-0.15, -0.1) is 0 Å². The lowest BCUT2D eigenvalue weighted by molar-refractivity contribution is -0.137. The number of likely N-dealkylation sites (N-methyl/N-ethyl adjacent to an activating group) is 1. The quantitative estimate of drug-likeness (QED) is 0.759. The minimum atomic E-state index is -1.01. The summed E-state index contributed by atoms with van der Waals surface area (Å²) < 4.78 is 0. The van der Waals surface area contributed by atoms with E-state index in [1.807, 2.05) is 0 Å². The maximum Gasteiger partial charge on any atom is 0.336 e. The number of hydrogen-bond donors (Lipinski definition) is 2. The van der Waals surface area contributed by atoms with E-state index < -0.39 is 12.0 Å². The highest BCUT2D eigenvalue weighted by Gasteiger charge is 2.35. The minimum Gasteiger partial charge on any atom is -0.478 e. The van der Waals surface area contributed by atoms with Crippen molar-refractivity contribution < 1.29 is 19.5 Å². The number of carbonyl (C=O) groups is 3. The summed E-state index contributed by atoms with van der Waals surface area (Å²) in [4.78, 5) is 35.1. The molecule has 1 saturated heterocycles. The van der Waals surface area contributed by atoms with Crippen LogP contribution in [0, 0.1) is 0 Å². The number of hydrogen-bond acceptors (Lipinski definition) is 4. The maximum absolute atomic E-state index is 11.7. The lowest BCUT2D eigenvalue weighted by Crippen LogP contribution is -2.36. The fourth-order valence-electron chi connectivity index (χ4n) is 2.03. The van der Waals surface area contributed by atoms with Crippen LogP contribution < -0.4 is 5.32 Å². The highest BCUT2D eigenvalue weighted by molar-refractivity contribution is 6.05. The number of aromatic carboxylic acids is 1. The first-order valence-electron chi connectivity index (χ1n) is 5.85. The molecule has 100 valence electrons. The third kappa shape index (κ3) is 2.63. The topological polar surface area (TPSA) is 86.7 Å². The first-order chi connectivity index (χ1) is 9.00. The molecule has 0 spiro atoms. The lowest BCUT2D eigenvalue weighted by atomic mass is 10.1. The predicted molar refractivity (Wildman–Crippen MR) is 66.4 cm³/mol. The lowest BCUT2D eigenvalue weighted by Gasteiger charge is -2.12. The van der Waals surface area contributed by atoms with E-state index in [0.29, 0.717) is 5.56 Å². The van der Waals surface area contributed by atoms with E-state index in [1.54, 1.807) is 18.2 Å². The average Bonchev–Trinajstić information content (AvgIpc) is 2.64. The molecule has 0 bridgehead atoms. The molecular weight excluding hydrogens is 248 g/mol. The summed E-state index contributed by atoms with van der Waals surface area (Å²) in [6.45, 7) is 0.236. The molecule has 2 amide bonds. The molecule has 1 aliphatic rings. The smallest absolute Gasteiger partial charge is 0.336 e. The monoisotopic (exact) mass is 262 g/mol. The second-order valence-corrected chi connectivity index (χ2v) is 4.39. The van der Waals surface area contributed by atoms with E-state index in [-0.39, 0.29) is 30.3 Å². The number of benzene rings is 1. The fourth-order valence-corrected chi connectivity index (χ4v) is 2.03. The second kappa shape index (κ2) is 5.19. The summed E-state index contributed by atoms with van der Waals surface area (Å²) in [7, 11) is 1.44. The van der Waals surface area contributed by atoms with Crippen molar-refractivity contribution in [2.45, 2.75) is 19.0 Å². The maximum atomic E-state index is 11.7. The van der Waals surface area contributed by atoms with Gasteiger partial charge in [0, 0.05) is 13.6 Å². The molecule has 0 aliphatic carbocycles. The van der Waals surface area contributed by atoms with Gasteiger partial charge in [0.1, 0.15) is 0 Å². The molecule has 1 aliphatic heterocycles. The van der Waals surface area contributed by atoms with Gasteiger partial charge in [0.15, 0.2) is 0 Å². The zero-order chi connectivity index (χ0) is 14.0. The molecule has 6 heteroatoms. The van der Waals surface area contributed by atoms with Gasteiger partial charge in [-0.3, -0.25) is 14.5 Å². The van der Waals surface area contributed by atoms with E-state index >= 15 is 0 Å². The molecule has 1 aromatic rings. The van der Waals surface area contributed by atoms with E-state index in [1.165, 1.54) is 13.1 Å². The van der Waals surface area contributed by atoms with Gasteiger partial charge >= 0.3 is 5.97 Å². The summed E-state index contributed by atoms with van der Waals surface area (Å²) in [6.07, 6.45) is 0.116. The van der Waals surface area contributed by atoms with Crippen LogP contribution in [0.25, 0.3) is 0 Å². The Kier molecular flexibility index (Phi) is 3.62. The van der Waals surface area contributed by atoms with Crippen LogP contribution in [0.4, 0.5) is 0 Å². The molecular formula is C13H14N2O4. The summed E-state index contributed by atoms with van der Waals surface area (Å²) in [6, 6.07) is 6.00. The SMILES string of the molecule is CN1C(=O)CC(NCc2ccccc2C(=O)O)C1=O. The Morgan fingerprint density at radius 3 is 2.68 bits per heavy atom. The molecule has 19 heavy (non-hydrogen) atoms. The van der Waals surface area contributed by atoms with Crippen molar-refractivity contribution in [1.29, 1.82) is 0 Å². The van der Waals surface area contributed by atoms with Crippen molar-refractivity contribution >= 4 is 17.8 Å². The predicted octanol–water partition coefficient (Wildman–Crippen LogP) is 0.232. The van der Waals surface area contributed by atoms with E-state index in [9.17, 15) is 14.4 Å². The van der Waals surface area contributed by atoms with Crippen LogP contribution in [-0.4, -0.2) is 40.9 Å². The standard InChI is InChI=1S/C13H14N2O4/c1-15-11(16)6-10(12(15)17)14-7-8-4-2-3-5-9(8)13(18)19/h2-5,10,14H,6-7H2,1H3,(H,18,19). The number of amides is 2. The van der Waals surface area contributed by atoms with Gasteiger partial charge in [0.2, 0.25) is 11.8 Å². The number of carboxylic acid groups (broad SMARTS) is 1. The van der Waals surface area contributed by atoms with E-state index in [4.69, 9.17) is 5.11 Å². The van der Waals surface area contributed by atoms with Crippen molar-refractivity contribution in [1.82, 2.24) is 10.2 Å². The number of imide groups is 1. The molecule has 1 heterocycles. The van der Waals surface area contributed by atoms with Crippen LogP contribution in [0.5, 0.6) is 0 Å². The summed E-state index contributed by atoms with van der Waals surface area (Å²) in [5, 5.41) is 12.0. The Hall–Kier alpha value is -2.21. The molecule has 1 aromatic carbocycles. The van der Waals surface area contributed by atoms with Crippen LogP contribution in [0.15, 0.2) is 24.3 Å². The van der Waals surface area contributed by atoms with E-state index in [2.05, 4.69) is 5.32 Å². The summed E-state index contributed by atoms with van der Waals surface area (Å²) in [5.41, 5.74) is 0.782. The van der Waals surface area contributed by atoms with Crippen LogP contribution in [0.2, 0.25) is 0 Å². The van der Waals surface area contributed by atoms with Gasteiger partial charge < -0.3 is 10.4 Å². The van der Waals surface area contributed by atoms with Crippen LogP contribution in [0.1, 0.15) is 22.3 Å². The number of nitrogens with zero attached hydrogens (tertiary/aromatic N) is 1. The van der Waals surface area contributed by atoms with Gasteiger partial charge in [-0.1, -0.05) is 18.2 Å². The number of carboxylic acids is 1. The van der Waals surface area contributed by atoms with Gasteiger partial charge in [-0.25, -0.2) is 4.79 Å². The molecule has 0 saturated carbocycles. The fraction of sp³-hybridized carbons (Fsp3) is 0.308. The Balaban J connectivity index is 2.06. The number of likely N-dealkylation sites (tertiary alicyclic amines) is 1. The first-order valence-corrected chi connectivity index (χ1v) is 5.85. The van der Waals surface area contributed by atoms with Gasteiger partial charge in [-0.05, 0) is 11.6 Å². The molecule has 0 radical (unpaired) electrons. The normalized spacial score (nSPS) is 19.0. The highest BCUT2D eigenvalue weighted by Crippen LogP contribution is 2.13. The minimum absolute atomic E-state index is 0.116. The Morgan fingerprint density at radius 2 is 2.11 bits per heavy atom. The van der Waals surface area contributed by atoms with Crippen molar-refractivity contribution in [3.05, 3.63) is 35.4 Å². The molecule has 1 fully saturated rings. The average molecular weight is 262 g/mol. The third-order valence-corrected chi connectivity index (χ3v) is 3.17. The summed E-state index contributed by atoms with van der Waals surface area (Å²) >= 11 is 0. The third-order valence-electron chi connectivity index (χ3n) is 3.17. The Bertz CT molecular complexity index is 541. The largest absolute Gasteiger partial charge is 0.478 e. The number of carbonyl (C=O) groups excluding carboxylic acids is 2. The van der Waals surface area contributed by atoms with Crippen molar-refractivity contribution in [2.75, 3.05) is 7.05 Å². The Labute approximate surface area is 110 Å². The van der Waals surface area contributed by atoms with Crippen LogP contribution >= 0.6 is 0 Å². The first kappa shape index (κ1) is 13.2. The molecule has 1 unspecified atom stereocenters. The van der Waals surface area contributed by atoms with Gasteiger partial charge in [0.05, 0.1) is 18.0 Å². The van der Waals surface area contributed by atoms with Crippen LogP contribution in [0.3, 0.4) is 0 Å². The zero-order valence-corrected chi connectivity index (χ0v) is 10.4. The molecule has 2 rings (SSSR count).